The van der Waals surface area contributed by atoms with Gasteiger partial charge < -0.3 is 10.2 Å². The van der Waals surface area contributed by atoms with Crippen LogP contribution >= 0.6 is 0 Å². The molecule has 1 amide bonds. The lowest BCUT2D eigenvalue weighted by molar-refractivity contribution is 0.0691. The molecule has 1 saturated heterocycles. The molecule has 0 radical (unpaired) electrons. The summed E-state index contributed by atoms with van der Waals surface area (Å²) in [5, 5.41) is 8.21. The van der Waals surface area contributed by atoms with Crippen LogP contribution in [-0.2, 0) is 0 Å². The molecular weight excluding hydrogens is 360 g/mol. The van der Waals surface area contributed by atoms with Crippen LogP contribution in [0.4, 0.5) is 0 Å². The summed E-state index contributed by atoms with van der Waals surface area (Å²) in [7, 11) is 0. The number of amides is 1. The second kappa shape index (κ2) is 9.05. The minimum atomic E-state index is 0.0768. The van der Waals surface area contributed by atoms with Crippen molar-refractivity contribution in [2.75, 3.05) is 26.2 Å². The average molecular weight is 389 g/mol. The summed E-state index contributed by atoms with van der Waals surface area (Å²) >= 11 is 0. The van der Waals surface area contributed by atoms with E-state index in [9.17, 15) is 4.79 Å². The largest absolute Gasteiger partial charge is 0.339 e. The zero-order valence-electron chi connectivity index (χ0n) is 16.9. The number of para-hydroxylation sites is 1. The molecule has 1 aromatic heterocycles. The highest BCUT2D eigenvalue weighted by molar-refractivity contribution is 6.00. The van der Waals surface area contributed by atoms with Gasteiger partial charge in [0.05, 0.1) is 11.3 Å². The van der Waals surface area contributed by atoms with E-state index in [-0.39, 0.29) is 5.91 Å². The number of likely N-dealkylation sites (tertiary alicyclic amines) is 1. The van der Waals surface area contributed by atoms with Crippen LogP contribution < -0.4 is 5.32 Å². The number of carbonyl (C=O) groups excluding carboxylic acids is 1. The van der Waals surface area contributed by atoms with Gasteiger partial charge in [0.15, 0.2) is 0 Å². The minimum Gasteiger partial charge on any atom is -0.339 e. The molecule has 0 spiro atoms. The summed E-state index contributed by atoms with van der Waals surface area (Å²) in [5.41, 5.74) is 3.33. The van der Waals surface area contributed by atoms with Crippen molar-refractivity contribution >= 4 is 5.91 Å². The second-order valence-electron chi connectivity index (χ2n) is 7.58. The maximum Gasteiger partial charge on any atom is 0.257 e. The second-order valence-corrected chi connectivity index (χ2v) is 7.58. The van der Waals surface area contributed by atoms with Gasteiger partial charge in [-0.2, -0.15) is 5.10 Å². The monoisotopic (exact) mass is 388 g/mol. The van der Waals surface area contributed by atoms with Crippen LogP contribution in [-0.4, -0.2) is 46.8 Å². The van der Waals surface area contributed by atoms with Crippen molar-refractivity contribution in [3.05, 3.63) is 72.4 Å². The molecule has 2 heterocycles. The Morgan fingerprint density at radius 3 is 2.34 bits per heavy atom. The normalized spacial score (nSPS) is 14.9. The van der Waals surface area contributed by atoms with Crippen LogP contribution in [0.25, 0.3) is 16.9 Å². The van der Waals surface area contributed by atoms with Gasteiger partial charge in [-0.3, -0.25) is 4.79 Å². The fraction of sp³-hybridized carbons (Fsp3) is 0.333. The Hall–Kier alpha value is -2.92. The predicted molar refractivity (Wildman–Crippen MR) is 116 cm³/mol. The SMILES string of the molecule is CCNCC1CCN(C(=O)c2cn(-c3ccccc3)nc2-c2ccccc2)CC1. The number of aromatic nitrogens is 2. The molecule has 150 valence electrons. The standard InChI is InChI=1S/C24H28N4O/c1-2-25-17-19-13-15-27(16-14-19)24(29)22-18-28(21-11-7-4-8-12-21)26-23(22)20-9-5-3-6-10-20/h3-12,18-19,25H,2,13-17H2,1H3. The van der Waals surface area contributed by atoms with Gasteiger partial charge in [0, 0.05) is 24.8 Å². The Bertz CT molecular complexity index is 928. The third-order valence-corrected chi connectivity index (χ3v) is 5.60. The molecule has 5 heteroatoms. The molecule has 2 aromatic carbocycles. The number of piperidine rings is 1. The predicted octanol–water partition coefficient (Wildman–Crippen LogP) is 4.00. The summed E-state index contributed by atoms with van der Waals surface area (Å²) in [6.45, 7) is 5.78. The van der Waals surface area contributed by atoms with Gasteiger partial charge in [-0.15, -0.1) is 0 Å². The smallest absolute Gasteiger partial charge is 0.257 e. The average Bonchev–Trinajstić information content (AvgIpc) is 3.24. The lowest BCUT2D eigenvalue weighted by Gasteiger charge is -2.32. The number of hydrogen-bond donors (Lipinski definition) is 1. The zero-order chi connectivity index (χ0) is 20.1. The lowest BCUT2D eigenvalue weighted by Crippen LogP contribution is -2.40. The Balaban J connectivity index is 1.60. The first-order valence-corrected chi connectivity index (χ1v) is 10.5. The minimum absolute atomic E-state index is 0.0768. The number of benzene rings is 2. The quantitative estimate of drug-likeness (QED) is 0.694. The van der Waals surface area contributed by atoms with Crippen molar-refractivity contribution in [1.29, 1.82) is 0 Å². The van der Waals surface area contributed by atoms with Crippen LogP contribution in [0.15, 0.2) is 66.9 Å². The zero-order valence-corrected chi connectivity index (χ0v) is 16.9. The Labute approximate surface area is 172 Å². The van der Waals surface area contributed by atoms with Crippen LogP contribution in [0.1, 0.15) is 30.1 Å². The molecule has 1 N–H and O–H groups in total. The Kier molecular flexibility index (Phi) is 6.06. The maximum absolute atomic E-state index is 13.4. The first-order valence-electron chi connectivity index (χ1n) is 10.5. The molecule has 5 nitrogen and oxygen atoms in total. The molecule has 0 atom stereocenters. The molecule has 29 heavy (non-hydrogen) atoms. The molecule has 0 saturated carbocycles. The van der Waals surface area contributed by atoms with Gasteiger partial charge in [0.2, 0.25) is 0 Å². The van der Waals surface area contributed by atoms with Crippen molar-refractivity contribution in [3.8, 4) is 16.9 Å². The van der Waals surface area contributed by atoms with E-state index in [1.165, 1.54) is 0 Å². The van der Waals surface area contributed by atoms with E-state index in [0.29, 0.717) is 11.5 Å². The van der Waals surface area contributed by atoms with Gasteiger partial charge >= 0.3 is 0 Å². The van der Waals surface area contributed by atoms with Crippen LogP contribution in [0.5, 0.6) is 0 Å². The van der Waals surface area contributed by atoms with E-state index in [4.69, 9.17) is 5.10 Å². The van der Waals surface area contributed by atoms with Crippen molar-refractivity contribution in [3.63, 3.8) is 0 Å². The number of nitrogens with zero attached hydrogens (tertiary/aromatic N) is 3. The van der Waals surface area contributed by atoms with E-state index in [2.05, 4.69) is 12.2 Å². The third-order valence-electron chi connectivity index (χ3n) is 5.60. The van der Waals surface area contributed by atoms with Crippen LogP contribution in [0, 0.1) is 5.92 Å². The number of hydrogen-bond acceptors (Lipinski definition) is 3. The first kappa shape index (κ1) is 19.4. The Morgan fingerprint density at radius 1 is 1.03 bits per heavy atom. The van der Waals surface area contributed by atoms with E-state index < -0.39 is 0 Å². The van der Waals surface area contributed by atoms with E-state index in [1.54, 1.807) is 0 Å². The summed E-state index contributed by atoms with van der Waals surface area (Å²) in [6, 6.07) is 19.9. The number of nitrogens with one attached hydrogen (secondary N) is 1. The molecule has 1 fully saturated rings. The summed E-state index contributed by atoms with van der Waals surface area (Å²) in [6.07, 6.45) is 3.98. The van der Waals surface area contributed by atoms with Crippen molar-refractivity contribution < 1.29 is 4.79 Å². The summed E-state index contributed by atoms with van der Waals surface area (Å²) in [5.74, 6) is 0.729. The highest BCUT2D eigenvalue weighted by Gasteiger charge is 2.27. The van der Waals surface area contributed by atoms with Crippen molar-refractivity contribution in [2.45, 2.75) is 19.8 Å². The van der Waals surface area contributed by atoms with Crippen molar-refractivity contribution in [1.82, 2.24) is 20.0 Å². The van der Waals surface area contributed by atoms with Crippen LogP contribution in [0.2, 0.25) is 0 Å². The van der Waals surface area contributed by atoms with Gasteiger partial charge in [-0.25, -0.2) is 4.68 Å². The Morgan fingerprint density at radius 2 is 1.69 bits per heavy atom. The molecule has 1 aliphatic heterocycles. The number of rotatable bonds is 6. The van der Waals surface area contributed by atoms with Gasteiger partial charge in [-0.1, -0.05) is 55.5 Å². The van der Waals surface area contributed by atoms with Gasteiger partial charge in [-0.05, 0) is 44.0 Å². The lowest BCUT2D eigenvalue weighted by atomic mass is 9.96. The van der Waals surface area contributed by atoms with E-state index in [1.807, 2.05) is 76.4 Å². The van der Waals surface area contributed by atoms with E-state index in [0.717, 1.165) is 56.0 Å². The molecular formula is C24H28N4O. The molecule has 1 aliphatic rings. The molecule has 3 aromatic rings. The first-order chi connectivity index (χ1) is 14.3. The molecule has 0 aliphatic carbocycles. The highest BCUT2D eigenvalue weighted by Crippen LogP contribution is 2.26. The number of carbonyl (C=O) groups is 1. The molecule has 0 bridgehead atoms. The van der Waals surface area contributed by atoms with Gasteiger partial charge in [0.1, 0.15) is 5.69 Å². The third kappa shape index (κ3) is 4.40. The fourth-order valence-corrected chi connectivity index (χ4v) is 3.91. The van der Waals surface area contributed by atoms with E-state index >= 15 is 0 Å². The summed E-state index contributed by atoms with van der Waals surface area (Å²) in [4.78, 5) is 15.4. The maximum atomic E-state index is 13.4. The summed E-state index contributed by atoms with van der Waals surface area (Å²) < 4.78 is 1.81. The highest BCUT2D eigenvalue weighted by atomic mass is 16.2. The topological polar surface area (TPSA) is 50.2 Å². The molecule has 4 rings (SSSR count). The molecule has 0 unspecified atom stereocenters. The van der Waals surface area contributed by atoms with Crippen molar-refractivity contribution in [2.24, 2.45) is 5.92 Å². The van der Waals surface area contributed by atoms with Crippen LogP contribution in [0.3, 0.4) is 0 Å². The fourth-order valence-electron chi connectivity index (χ4n) is 3.91. The van der Waals surface area contributed by atoms with Gasteiger partial charge in [0.25, 0.3) is 5.91 Å².